The number of ether oxygens (including phenoxy) is 1. The molecular formula is C16H22BrFN2O. The van der Waals surface area contributed by atoms with Crippen molar-refractivity contribution in [2.24, 2.45) is 5.92 Å². The Labute approximate surface area is 134 Å². The normalized spacial score (nSPS) is 23.1. The molecule has 2 aliphatic rings. The van der Waals surface area contributed by atoms with E-state index < -0.39 is 0 Å². The lowest BCUT2D eigenvalue weighted by Crippen LogP contribution is -2.47. The molecule has 0 saturated carbocycles. The number of rotatable bonds is 3. The molecule has 2 heterocycles. The minimum absolute atomic E-state index is 0.167. The van der Waals surface area contributed by atoms with Crippen LogP contribution in [0.5, 0.6) is 0 Å². The Kier molecular flexibility index (Phi) is 5.27. The smallest absolute Gasteiger partial charge is 0.137 e. The van der Waals surface area contributed by atoms with Crippen LogP contribution in [-0.4, -0.2) is 44.3 Å². The predicted octanol–water partition coefficient (Wildman–Crippen LogP) is 2.96. The van der Waals surface area contributed by atoms with Crippen LogP contribution in [0, 0.1) is 11.7 Å². The molecule has 0 unspecified atom stereocenters. The van der Waals surface area contributed by atoms with Gasteiger partial charge in [0.1, 0.15) is 5.82 Å². The van der Waals surface area contributed by atoms with Gasteiger partial charge in [-0.25, -0.2) is 4.39 Å². The van der Waals surface area contributed by atoms with Gasteiger partial charge in [0.2, 0.25) is 0 Å². The van der Waals surface area contributed by atoms with Gasteiger partial charge < -0.3 is 10.1 Å². The maximum absolute atomic E-state index is 14.0. The first-order chi connectivity index (χ1) is 10.3. The fourth-order valence-electron chi connectivity index (χ4n) is 3.49. The van der Waals surface area contributed by atoms with Gasteiger partial charge in [0.15, 0.2) is 0 Å². The summed E-state index contributed by atoms with van der Waals surface area (Å²) < 4.78 is 20.1. The molecule has 5 heteroatoms. The van der Waals surface area contributed by atoms with Crippen LogP contribution in [0.15, 0.2) is 22.7 Å². The number of halogens is 2. The van der Waals surface area contributed by atoms with E-state index in [9.17, 15) is 4.39 Å². The number of nitrogens with zero attached hydrogens (tertiary/aromatic N) is 1. The maximum atomic E-state index is 14.0. The van der Waals surface area contributed by atoms with Crippen molar-refractivity contribution in [2.45, 2.75) is 18.9 Å². The molecule has 2 aliphatic heterocycles. The molecule has 0 spiro atoms. The van der Waals surface area contributed by atoms with E-state index in [0.717, 1.165) is 57.8 Å². The van der Waals surface area contributed by atoms with E-state index in [1.807, 2.05) is 6.07 Å². The van der Waals surface area contributed by atoms with Crippen molar-refractivity contribution in [1.82, 2.24) is 10.2 Å². The van der Waals surface area contributed by atoms with E-state index in [-0.39, 0.29) is 11.9 Å². The molecule has 2 fully saturated rings. The van der Waals surface area contributed by atoms with Crippen LogP contribution < -0.4 is 5.32 Å². The molecule has 1 aromatic carbocycles. The van der Waals surface area contributed by atoms with E-state index in [1.165, 1.54) is 6.07 Å². The lowest BCUT2D eigenvalue weighted by molar-refractivity contribution is 0.0210. The summed E-state index contributed by atoms with van der Waals surface area (Å²) in [6.45, 7) is 5.69. The highest BCUT2D eigenvalue weighted by molar-refractivity contribution is 9.10. The molecule has 0 amide bonds. The highest BCUT2D eigenvalue weighted by atomic mass is 79.9. The Hall–Kier alpha value is -0.490. The molecule has 116 valence electrons. The predicted molar refractivity (Wildman–Crippen MR) is 84.8 cm³/mol. The van der Waals surface area contributed by atoms with E-state index >= 15 is 0 Å². The summed E-state index contributed by atoms with van der Waals surface area (Å²) in [7, 11) is 0. The summed E-state index contributed by atoms with van der Waals surface area (Å²) in [6, 6.07) is 5.69. The average molecular weight is 357 g/mol. The molecule has 1 atom stereocenters. The summed E-state index contributed by atoms with van der Waals surface area (Å²) in [6.07, 6.45) is 2.11. The number of benzene rings is 1. The molecule has 0 bridgehead atoms. The first kappa shape index (κ1) is 15.4. The summed E-state index contributed by atoms with van der Waals surface area (Å²) >= 11 is 3.47. The van der Waals surface area contributed by atoms with Crippen LogP contribution in [0.3, 0.4) is 0 Å². The van der Waals surface area contributed by atoms with Crippen molar-refractivity contribution in [3.8, 4) is 0 Å². The largest absolute Gasteiger partial charge is 0.381 e. The minimum atomic E-state index is -0.167. The van der Waals surface area contributed by atoms with Crippen LogP contribution in [0.25, 0.3) is 0 Å². The second-order valence-corrected chi connectivity index (χ2v) is 6.62. The molecule has 1 aromatic rings. The van der Waals surface area contributed by atoms with E-state index in [4.69, 9.17) is 4.74 Å². The van der Waals surface area contributed by atoms with E-state index in [1.54, 1.807) is 0 Å². The maximum Gasteiger partial charge on any atom is 0.137 e. The molecule has 1 N–H and O–H groups in total. The Morgan fingerprint density at radius 3 is 2.67 bits per heavy atom. The van der Waals surface area contributed by atoms with Crippen LogP contribution >= 0.6 is 15.9 Å². The molecular weight excluding hydrogens is 335 g/mol. The van der Waals surface area contributed by atoms with Crippen molar-refractivity contribution in [2.75, 3.05) is 39.4 Å². The lowest BCUT2D eigenvalue weighted by atomic mass is 9.85. The van der Waals surface area contributed by atoms with Gasteiger partial charge in [0.25, 0.3) is 0 Å². The topological polar surface area (TPSA) is 24.5 Å². The van der Waals surface area contributed by atoms with Gasteiger partial charge in [-0.2, -0.15) is 0 Å². The SMILES string of the molecule is Fc1cccc([C@H](C2CCOCC2)N2CCNCC2)c1Br. The van der Waals surface area contributed by atoms with Gasteiger partial charge in [-0.05, 0) is 46.3 Å². The molecule has 2 saturated heterocycles. The minimum Gasteiger partial charge on any atom is -0.381 e. The fourth-order valence-corrected chi connectivity index (χ4v) is 3.99. The van der Waals surface area contributed by atoms with Crippen LogP contribution in [0.4, 0.5) is 4.39 Å². The van der Waals surface area contributed by atoms with Crippen molar-refractivity contribution in [3.63, 3.8) is 0 Å². The number of piperazine rings is 1. The Morgan fingerprint density at radius 1 is 1.24 bits per heavy atom. The summed E-state index contributed by atoms with van der Waals surface area (Å²) in [5.41, 5.74) is 1.09. The number of hydrogen-bond acceptors (Lipinski definition) is 3. The molecule has 3 rings (SSSR count). The van der Waals surface area contributed by atoms with Crippen molar-refractivity contribution in [1.29, 1.82) is 0 Å². The highest BCUT2D eigenvalue weighted by Crippen LogP contribution is 2.39. The third kappa shape index (κ3) is 3.47. The summed E-state index contributed by atoms with van der Waals surface area (Å²) in [5, 5.41) is 3.40. The molecule has 0 aromatic heterocycles. The monoisotopic (exact) mass is 356 g/mol. The van der Waals surface area contributed by atoms with Crippen molar-refractivity contribution >= 4 is 15.9 Å². The van der Waals surface area contributed by atoms with Gasteiger partial charge in [-0.1, -0.05) is 12.1 Å². The van der Waals surface area contributed by atoms with Gasteiger partial charge >= 0.3 is 0 Å². The third-order valence-corrected chi connectivity index (χ3v) is 5.39. The van der Waals surface area contributed by atoms with E-state index in [2.05, 4.69) is 32.2 Å². The Balaban J connectivity index is 1.91. The van der Waals surface area contributed by atoms with Crippen LogP contribution in [-0.2, 0) is 4.74 Å². The second-order valence-electron chi connectivity index (χ2n) is 5.82. The van der Waals surface area contributed by atoms with E-state index in [0.29, 0.717) is 10.4 Å². The number of hydrogen-bond donors (Lipinski definition) is 1. The van der Waals surface area contributed by atoms with Gasteiger partial charge in [0.05, 0.1) is 4.47 Å². The van der Waals surface area contributed by atoms with Crippen molar-refractivity contribution in [3.05, 3.63) is 34.1 Å². The van der Waals surface area contributed by atoms with Crippen LogP contribution in [0.2, 0.25) is 0 Å². The zero-order valence-electron chi connectivity index (χ0n) is 12.2. The van der Waals surface area contributed by atoms with Gasteiger partial charge in [-0.15, -0.1) is 0 Å². The zero-order chi connectivity index (χ0) is 14.7. The molecule has 0 aliphatic carbocycles. The first-order valence-corrected chi connectivity index (χ1v) is 8.53. The molecule has 3 nitrogen and oxygen atoms in total. The zero-order valence-corrected chi connectivity index (χ0v) is 13.7. The van der Waals surface area contributed by atoms with Gasteiger partial charge in [0, 0.05) is 45.4 Å². The highest BCUT2D eigenvalue weighted by Gasteiger charge is 2.32. The third-order valence-electron chi connectivity index (χ3n) is 4.56. The standard InChI is InChI=1S/C16H22BrFN2O/c17-15-13(2-1-3-14(15)18)16(12-4-10-21-11-5-12)20-8-6-19-7-9-20/h1-3,12,16,19H,4-11H2/t16-/m0/s1. The molecule has 0 radical (unpaired) electrons. The summed E-state index contributed by atoms with van der Waals surface area (Å²) in [5.74, 6) is 0.370. The fraction of sp³-hybridized carbons (Fsp3) is 0.625. The Bertz CT molecular complexity index is 455. The Morgan fingerprint density at radius 2 is 1.95 bits per heavy atom. The number of nitrogens with one attached hydrogen (secondary N) is 1. The van der Waals surface area contributed by atoms with Gasteiger partial charge in [-0.3, -0.25) is 4.90 Å². The second kappa shape index (κ2) is 7.18. The first-order valence-electron chi connectivity index (χ1n) is 7.74. The molecule has 21 heavy (non-hydrogen) atoms. The van der Waals surface area contributed by atoms with Crippen LogP contribution in [0.1, 0.15) is 24.4 Å². The quantitative estimate of drug-likeness (QED) is 0.900. The van der Waals surface area contributed by atoms with Crippen molar-refractivity contribution < 1.29 is 9.13 Å². The average Bonchev–Trinajstić information content (AvgIpc) is 2.54. The lowest BCUT2D eigenvalue weighted by Gasteiger charge is -2.41. The summed E-state index contributed by atoms with van der Waals surface area (Å²) in [4.78, 5) is 2.51.